The second-order valence-corrected chi connectivity index (χ2v) is 4.30. The van der Waals surface area contributed by atoms with Gasteiger partial charge in [0.15, 0.2) is 0 Å². The van der Waals surface area contributed by atoms with E-state index in [1.165, 1.54) is 6.20 Å². The second kappa shape index (κ2) is 5.05. The smallest absolute Gasteiger partial charge is 0.339 e. The lowest BCUT2D eigenvalue weighted by Crippen LogP contribution is -2.07. The summed E-state index contributed by atoms with van der Waals surface area (Å²) in [6.45, 7) is 0.418. The van der Waals surface area contributed by atoms with Crippen LogP contribution in [0.4, 0.5) is 5.69 Å². The Morgan fingerprint density at radius 2 is 2.10 bits per heavy atom. The van der Waals surface area contributed by atoms with Crippen LogP contribution in [0.3, 0.4) is 0 Å². The van der Waals surface area contributed by atoms with Gasteiger partial charge in [-0.25, -0.2) is 4.79 Å². The van der Waals surface area contributed by atoms with E-state index >= 15 is 0 Å². The van der Waals surface area contributed by atoms with Crippen LogP contribution in [0.15, 0.2) is 53.3 Å². The molecule has 0 atom stereocenters. The summed E-state index contributed by atoms with van der Waals surface area (Å²) in [4.78, 5) is 15.5. The molecule has 0 aliphatic rings. The topological polar surface area (TPSA) is 75.4 Å². The van der Waals surface area contributed by atoms with Crippen LogP contribution >= 0.6 is 0 Å². The van der Waals surface area contributed by atoms with E-state index in [0.29, 0.717) is 12.2 Å². The minimum absolute atomic E-state index is 0.148. The molecule has 0 bridgehead atoms. The van der Waals surface area contributed by atoms with Crippen molar-refractivity contribution >= 4 is 22.6 Å². The van der Waals surface area contributed by atoms with Crippen LogP contribution < -0.4 is 5.32 Å². The van der Waals surface area contributed by atoms with Crippen LogP contribution in [-0.2, 0) is 6.54 Å². The third kappa shape index (κ3) is 2.21. The molecule has 0 fully saturated rings. The van der Waals surface area contributed by atoms with Crippen LogP contribution in [0, 0.1) is 0 Å². The SMILES string of the molecule is O=C(O)c1cnc2ccccc2c1NCc1ccco1. The predicted octanol–water partition coefficient (Wildman–Crippen LogP) is 3.14. The minimum atomic E-state index is -1.01. The zero-order valence-corrected chi connectivity index (χ0v) is 10.5. The monoisotopic (exact) mass is 268 g/mol. The first-order chi connectivity index (χ1) is 9.75. The first kappa shape index (κ1) is 12.2. The first-order valence-corrected chi connectivity index (χ1v) is 6.13. The number of para-hydroxylation sites is 1. The number of furan rings is 1. The van der Waals surface area contributed by atoms with Crippen molar-refractivity contribution in [2.45, 2.75) is 6.54 Å². The number of carboxylic acids is 1. The summed E-state index contributed by atoms with van der Waals surface area (Å²) in [5.41, 5.74) is 1.45. The van der Waals surface area contributed by atoms with E-state index in [-0.39, 0.29) is 5.56 Å². The highest BCUT2D eigenvalue weighted by Crippen LogP contribution is 2.26. The number of rotatable bonds is 4. The average Bonchev–Trinajstić information content (AvgIpc) is 2.97. The normalized spacial score (nSPS) is 10.6. The quantitative estimate of drug-likeness (QED) is 0.760. The second-order valence-electron chi connectivity index (χ2n) is 4.30. The Hall–Kier alpha value is -2.82. The molecule has 0 aliphatic heterocycles. The fourth-order valence-corrected chi connectivity index (χ4v) is 2.08. The van der Waals surface area contributed by atoms with Crippen molar-refractivity contribution in [2.75, 3.05) is 5.32 Å². The Morgan fingerprint density at radius 3 is 2.85 bits per heavy atom. The van der Waals surface area contributed by atoms with Crippen LogP contribution in [0.2, 0.25) is 0 Å². The van der Waals surface area contributed by atoms with Crippen molar-refractivity contribution in [3.63, 3.8) is 0 Å². The first-order valence-electron chi connectivity index (χ1n) is 6.13. The molecule has 1 aromatic carbocycles. The van der Waals surface area contributed by atoms with Gasteiger partial charge in [-0.15, -0.1) is 0 Å². The van der Waals surface area contributed by atoms with Crippen LogP contribution in [0.1, 0.15) is 16.1 Å². The Kier molecular flexibility index (Phi) is 3.09. The molecule has 5 heteroatoms. The van der Waals surface area contributed by atoms with E-state index in [1.54, 1.807) is 12.3 Å². The van der Waals surface area contributed by atoms with Gasteiger partial charge in [0.25, 0.3) is 0 Å². The molecule has 0 radical (unpaired) electrons. The number of carboxylic acid groups (broad SMARTS) is 1. The van der Waals surface area contributed by atoms with Crippen LogP contribution in [0.5, 0.6) is 0 Å². The van der Waals surface area contributed by atoms with E-state index in [1.807, 2.05) is 30.3 Å². The molecule has 100 valence electrons. The fourth-order valence-electron chi connectivity index (χ4n) is 2.08. The summed E-state index contributed by atoms with van der Waals surface area (Å²) < 4.78 is 5.24. The number of fused-ring (bicyclic) bond motifs is 1. The summed E-state index contributed by atoms with van der Waals surface area (Å²) in [5.74, 6) is -0.271. The summed E-state index contributed by atoms with van der Waals surface area (Å²) in [7, 11) is 0. The maximum atomic E-state index is 11.3. The molecule has 2 aromatic heterocycles. The molecular weight excluding hydrogens is 256 g/mol. The summed E-state index contributed by atoms with van der Waals surface area (Å²) in [5, 5.41) is 13.2. The molecule has 5 nitrogen and oxygen atoms in total. The number of anilines is 1. The highest BCUT2D eigenvalue weighted by molar-refractivity contribution is 6.04. The number of carbonyl (C=O) groups is 1. The molecule has 0 saturated carbocycles. The number of hydrogen-bond acceptors (Lipinski definition) is 4. The number of benzene rings is 1. The molecule has 2 N–H and O–H groups in total. The Bertz CT molecular complexity index is 751. The van der Waals surface area contributed by atoms with Gasteiger partial charge in [0.1, 0.15) is 11.3 Å². The molecule has 3 aromatic rings. The number of pyridine rings is 1. The maximum Gasteiger partial charge on any atom is 0.339 e. The van der Waals surface area contributed by atoms with Crippen molar-refractivity contribution in [3.8, 4) is 0 Å². The lowest BCUT2D eigenvalue weighted by molar-refractivity contribution is 0.0697. The predicted molar refractivity (Wildman–Crippen MR) is 74.7 cm³/mol. The van der Waals surface area contributed by atoms with Gasteiger partial charge in [-0.1, -0.05) is 18.2 Å². The van der Waals surface area contributed by atoms with Gasteiger partial charge < -0.3 is 14.8 Å². The van der Waals surface area contributed by atoms with Crippen LogP contribution in [-0.4, -0.2) is 16.1 Å². The van der Waals surface area contributed by atoms with Crippen LogP contribution in [0.25, 0.3) is 10.9 Å². The van der Waals surface area contributed by atoms with Gasteiger partial charge in [-0.3, -0.25) is 4.98 Å². The number of aromatic carboxylic acids is 1. The number of nitrogens with one attached hydrogen (secondary N) is 1. The van der Waals surface area contributed by atoms with Crippen molar-refractivity contribution in [2.24, 2.45) is 0 Å². The van der Waals surface area contributed by atoms with E-state index < -0.39 is 5.97 Å². The van der Waals surface area contributed by atoms with Gasteiger partial charge in [0, 0.05) is 11.6 Å². The lowest BCUT2D eigenvalue weighted by Gasteiger charge is -2.11. The van der Waals surface area contributed by atoms with Crippen molar-refractivity contribution in [1.82, 2.24) is 4.98 Å². The number of nitrogens with zero attached hydrogens (tertiary/aromatic N) is 1. The highest BCUT2D eigenvalue weighted by atomic mass is 16.4. The molecule has 20 heavy (non-hydrogen) atoms. The van der Waals surface area contributed by atoms with E-state index in [2.05, 4.69) is 10.3 Å². The highest BCUT2D eigenvalue weighted by Gasteiger charge is 2.14. The Labute approximate surface area is 114 Å². The molecule has 0 unspecified atom stereocenters. The number of hydrogen-bond donors (Lipinski definition) is 2. The third-order valence-electron chi connectivity index (χ3n) is 3.03. The summed E-state index contributed by atoms with van der Waals surface area (Å²) >= 11 is 0. The van der Waals surface area contributed by atoms with Crippen molar-refractivity contribution in [1.29, 1.82) is 0 Å². The zero-order valence-electron chi connectivity index (χ0n) is 10.5. The molecule has 0 amide bonds. The van der Waals surface area contributed by atoms with Crippen molar-refractivity contribution in [3.05, 3.63) is 60.2 Å². The molecule has 0 saturated heterocycles. The zero-order chi connectivity index (χ0) is 13.9. The standard InChI is InChI=1S/C15H12N2O3/c18-15(19)12-9-16-13-6-2-1-5-11(13)14(12)17-8-10-4-3-7-20-10/h1-7,9H,8H2,(H,16,17)(H,18,19). The van der Waals surface area contributed by atoms with Gasteiger partial charge in [0.05, 0.1) is 24.0 Å². The largest absolute Gasteiger partial charge is 0.478 e. The average molecular weight is 268 g/mol. The Balaban J connectivity index is 2.05. The van der Waals surface area contributed by atoms with Gasteiger partial charge in [-0.2, -0.15) is 0 Å². The molecular formula is C15H12N2O3. The molecule has 0 spiro atoms. The summed E-state index contributed by atoms with van der Waals surface area (Å²) in [6, 6.07) is 11.0. The van der Waals surface area contributed by atoms with E-state index in [9.17, 15) is 9.90 Å². The lowest BCUT2D eigenvalue weighted by atomic mass is 10.1. The fraction of sp³-hybridized carbons (Fsp3) is 0.0667. The molecule has 3 rings (SSSR count). The number of aromatic nitrogens is 1. The van der Waals surface area contributed by atoms with E-state index in [4.69, 9.17) is 4.42 Å². The summed E-state index contributed by atoms with van der Waals surface area (Å²) in [6.07, 6.45) is 2.95. The maximum absolute atomic E-state index is 11.3. The van der Waals surface area contributed by atoms with E-state index in [0.717, 1.165) is 16.7 Å². The Morgan fingerprint density at radius 1 is 1.25 bits per heavy atom. The molecule has 0 aliphatic carbocycles. The molecule has 2 heterocycles. The van der Waals surface area contributed by atoms with Gasteiger partial charge in [-0.05, 0) is 18.2 Å². The van der Waals surface area contributed by atoms with Gasteiger partial charge >= 0.3 is 5.97 Å². The van der Waals surface area contributed by atoms with Gasteiger partial charge in [0.2, 0.25) is 0 Å². The minimum Gasteiger partial charge on any atom is -0.478 e. The third-order valence-corrected chi connectivity index (χ3v) is 3.03. The van der Waals surface area contributed by atoms with Crippen molar-refractivity contribution < 1.29 is 14.3 Å².